The Bertz CT molecular complexity index is 666. The van der Waals surface area contributed by atoms with Gasteiger partial charge in [-0.2, -0.15) is 0 Å². The van der Waals surface area contributed by atoms with Crippen LogP contribution in [0.25, 0.3) is 0 Å². The molecule has 1 fully saturated rings. The maximum absolute atomic E-state index is 12.6. The summed E-state index contributed by atoms with van der Waals surface area (Å²) in [6.45, 7) is 2.09. The number of benzene rings is 2. The molecule has 0 saturated heterocycles. The Kier molecular flexibility index (Phi) is 3.06. The van der Waals surface area contributed by atoms with Crippen molar-refractivity contribution < 1.29 is 9.90 Å². The van der Waals surface area contributed by atoms with Crippen LogP contribution in [0.1, 0.15) is 29.3 Å². The molecule has 2 aromatic rings. The van der Waals surface area contributed by atoms with E-state index in [9.17, 15) is 9.90 Å². The van der Waals surface area contributed by atoms with Crippen LogP contribution in [-0.4, -0.2) is 10.9 Å². The second-order valence-corrected chi connectivity index (χ2v) is 5.95. The van der Waals surface area contributed by atoms with E-state index in [-0.39, 0.29) is 27.9 Å². The molecule has 0 heterocycles. The summed E-state index contributed by atoms with van der Waals surface area (Å²) in [5, 5.41) is 10.2. The number of rotatable bonds is 3. The van der Waals surface area contributed by atoms with E-state index < -0.39 is 0 Å². The van der Waals surface area contributed by atoms with Crippen LogP contribution < -0.4 is 0 Å². The van der Waals surface area contributed by atoms with Gasteiger partial charge in [-0.3, -0.25) is 4.79 Å². The lowest BCUT2D eigenvalue weighted by molar-refractivity contribution is 0.0956. The second-order valence-electron chi connectivity index (χ2n) is 5.54. The number of phenols is 1. The fourth-order valence-electron chi connectivity index (χ4n) is 2.79. The van der Waals surface area contributed by atoms with Crippen molar-refractivity contribution in [2.75, 3.05) is 0 Å². The van der Waals surface area contributed by atoms with Gasteiger partial charge in [-0.25, -0.2) is 0 Å². The summed E-state index contributed by atoms with van der Waals surface area (Å²) in [7, 11) is 0. The highest BCUT2D eigenvalue weighted by Crippen LogP contribution is 2.55. The number of halogens is 1. The van der Waals surface area contributed by atoms with Crippen LogP contribution in [0.5, 0.6) is 5.75 Å². The molecule has 0 radical (unpaired) electrons. The van der Waals surface area contributed by atoms with Gasteiger partial charge in [0.25, 0.3) is 0 Å². The molecule has 2 aromatic carbocycles. The van der Waals surface area contributed by atoms with E-state index in [4.69, 9.17) is 11.6 Å². The molecule has 0 amide bonds. The number of phenolic OH excluding ortho intramolecular Hbond substituents is 1. The van der Waals surface area contributed by atoms with Crippen molar-refractivity contribution in [3.8, 4) is 5.75 Å². The summed E-state index contributed by atoms with van der Waals surface area (Å²) < 4.78 is 0. The van der Waals surface area contributed by atoms with Crippen LogP contribution in [0.4, 0.5) is 0 Å². The van der Waals surface area contributed by atoms with E-state index in [1.54, 1.807) is 18.2 Å². The van der Waals surface area contributed by atoms with Crippen LogP contribution in [-0.2, 0) is 5.41 Å². The van der Waals surface area contributed by atoms with Crippen LogP contribution in [0.2, 0.25) is 5.02 Å². The van der Waals surface area contributed by atoms with Crippen LogP contribution in [0.15, 0.2) is 48.5 Å². The molecule has 0 spiro atoms. The molecule has 2 nitrogen and oxygen atoms in total. The van der Waals surface area contributed by atoms with Crippen molar-refractivity contribution in [2.24, 2.45) is 5.92 Å². The maximum atomic E-state index is 12.6. The maximum Gasteiger partial charge on any atom is 0.170 e. The third-order valence-electron chi connectivity index (χ3n) is 4.24. The molecular formula is C17H15ClO2. The first kappa shape index (κ1) is 13.2. The average molecular weight is 287 g/mol. The number of Topliss-reactive ketones (excluding diaryl/α,β-unsaturated/α-hetero) is 1. The van der Waals surface area contributed by atoms with E-state index in [1.807, 2.05) is 30.3 Å². The molecule has 0 aliphatic heterocycles. The molecule has 1 saturated carbocycles. The number of para-hydroxylation sites is 1. The number of carbonyl (C=O) groups excluding carboxylic acids is 1. The van der Waals surface area contributed by atoms with Crippen molar-refractivity contribution in [3.05, 3.63) is 64.7 Å². The number of aromatic hydroxyl groups is 1. The zero-order valence-electron chi connectivity index (χ0n) is 11.1. The van der Waals surface area contributed by atoms with Crippen LogP contribution >= 0.6 is 11.6 Å². The molecule has 0 unspecified atom stereocenters. The van der Waals surface area contributed by atoms with E-state index in [2.05, 4.69) is 6.92 Å². The molecule has 1 N–H and O–H groups in total. The van der Waals surface area contributed by atoms with Gasteiger partial charge < -0.3 is 5.11 Å². The third-order valence-corrected chi connectivity index (χ3v) is 4.54. The standard InChI is InChI=1S/C17H15ClO2/c1-17(11-6-3-2-4-7-11)10-13(17)15(19)12-8-5-9-14(18)16(12)20/h2-9,13,20H,10H2,1H3/t13-,17+/m1/s1. The lowest BCUT2D eigenvalue weighted by Crippen LogP contribution is -2.12. The first-order valence-electron chi connectivity index (χ1n) is 6.61. The smallest absolute Gasteiger partial charge is 0.170 e. The molecule has 0 bridgehead atoms. The number of ketones is 1. The molecule has 20 heavy (non-hydrogen) atoms. The fourth-order valence-corrected chi connectivity index (χ4v) is 2.96. The lowest BCUT2D eigenvalue weighted by atomic mass is 9.92. The van der Waals surface area contributed by atoms with Gasteiger partial charge in [-0.1, -0.05) is 54.9 Å². The van der Waals surface area contributed by atoms with E-state index in [0.717, 1.165) is 6.42 Å². The summed E-state index contributed by atoms with van der Waals surface area (Å²) in [5.74, 6) is -0.230. The zero-order valence-corrected chi connectivity index (χ0v) is 11.9. The number of hydrogen-bond acceptors (Lipinski definition) is 2. The largest absolute Gasteiger partial charge is 0.506 e. The predicted molar refractivity (Wildman–Crippen MR) is 79.3 cm³/mol. The Labute approximate surface area is 123 Å². The van der Waals surface area contributed by atoms with Crippen molar-refractivity contribution in [1.29, 1.82) is 0 Å². The number of carbonyl (C=O) groups is 1. The first-order valence-corrected chi connectivity index (χ1v) is 6.99. The molecule has 3 rings (SSSR count). The second kappa shape index (κ2) is 4.64. The molecule has 1 aliphatic carbocycles. The molecule has 1 aliphatic rings. The van der Waals surface area contributed by atoms with E-state index >= 15 is 0 Å². The molecule has 102 valence electrons. The quantitative estimate of drug-likeness (QED) is 0.858. The lowest BCUT2D eigenvalue weighted by Gasteiger charge is -2.12. The normalized spacial score (nSPS) is 24.4. The summed E-state index contributed by atoms with van der Waals surface area (Å²) >= 11 is 5.87. The van der Waals surface area contributed by atoms with Gasteiger partial charge in [-0.05, 0) is 24.1 Å². The predicted octanol–water partition coefficient (Wildman–Crippen LogP) is 4.21. The SMILES string of the molecule is C[C@@]1(c2ccccc2)C[C@@H]1C(=O)c1cccc(Cl)c1O. The highest BCUT2D eigenvalue weighted by atomic mass is 35.5. The topological polar surface area (TPSA) is 37.3 Å². The highest BCUT2D eigenvalue weighted by Gasteiger charge is 2.55. The Balaban J connectivity index is 1.90. The number of hydrogen-bond donors (Lipinski definition) is 1. The van der Waals surface area contributed by atoms with Gasteiger partial charge >= 0.3 is 0 Å². The first-order chi connectivity index (χ1) is 9.54. The summed E-state index contributed by atoms with van der Waals surface area (Å²) in [6, 6.07) is 14.9. The zero-order chi connectivity index (χ0) is 14.3. The van der Waals surface area contributed by atoms with Gasteiger partial charge in [0, 0.05) is 11.3 Å². The minimum absolute atomic E-state index is 0.0312. The Morgan fingerprint density at radius 1 is 1.20 bits per heavy atom. The third kappa shape index (κ3) is 2.01. The minimum Gasteiger partial charge on any atom is -0.506 e. The van der Waals surface area contributed by atoms with Gasteiger partial charge in [0.05, 0.1) is 10.6 Å². The van der Waals surface area contributed by atoms with Gasteiger partial charge in [0.1, 0.15) is 5.75 Å². The van der Waals surface area contributed by atoms with E-state index in [0.29, 0.717) is 5.56 Å². The van der Waals surface area contributed by atoms with Gasteiger partial charge in [0.15, 0.2) is 5.78 Å². The summed E-state index contributed by atoms with van der Waals surface area (Å²) in [6.07, 6.45) is 0.807. The van der Waals surface area contributed by atoms with Crippen molar-refractivity contribution in [3.63, 3.8) is 0 Å². The summed E-state index contributed by atoms with van der Waals surface area (Å²) in [4.78, 5) is 12.6. The van der Waals surface area contributed by atoms with Crippen molar-refractivity contribution in [2.45, 2.75) is 18.8 Å². The van der Waals surface area contributed by atoms with Crippen molar-refractivity contribution >= 4 is 17.4 Å². The molecule has 3 heteroatoms. The minimum atomic E-state index is -0.132. The average Bonchev–Trinajstić information content (AvgIpc) is 3.16. The Morgan fingerprint density at radius 3 is 2.60 bits per heavy atom. The van der Waals surface area contributed by atoms with Gasteiger partial charge in [-0.15, -0.1) is 0 Å². The summed E-state index contributed by atoms with van der Waals surface area (Å²) in [5.41, 5.74) is 1.36. The molecule has 2 atom stereocenters. The van der Waals surface area contributed by atoms with Crippen LogP contribution in [0.3, 0.4) is 0 Å². The van der Waals surface area contributed by atoms with Crippen LogP contribution in [0, 0.1) is 5.92 Å². The van der Waals surface area contributed by atoms with Crippen molar-refractivity contribution in [1.82, 2.24) is 0 Å². The molecule has 0 aromatic heterocycles. The van der Waals surface area contributed by atoms with Gasteiger partial charge in [0.2, 0.25) is 0 Å². The Morgan fingerprint density at radius 2 is 1.90 bits per heavy atom. The van der Waals surface area contributed by atoms with E-state index in [1.165, 1.54) is 5.56 Å². The Hall–Kier alpha value is -1.80. The fraction of sp³-hybridized carbons (Fsp3) is 0.235. The molecular weight excluding hydrogens is 272 g/mol. The highest BCUT2D eigenvalue weighted by molar-refractivity contribution is 6.32. The monoisotopic (exact) mass is 286 g/mol.